The van der Waals surface area contributed by atoms with Crippen LogP contribution in [-0.4, -0.2) is 44.5 Å². The molecule has 0 atom stereocenters. The Morgan fingerprint density at radius 3 is 1.95 bits per heavy atom. The average Bonchev–Trinajstić information content (AvgIpc) is 2.69. The van der Waals surface area contributed by atoms with E-state index in [1.54, 1.807) is 0 Å². The first-order chi connectivity index (χ1) is 9.89. The first-order valence-electron chi connectivity index (χ1n) is 7.80. The zero-order valence-electron chi connectivity index (χ0n) is 13.9. The molecule has 2 fully saturated rings. The van der Waals surface area contributed by atoms with Gasteiger partial charge in [0.25, 0.3) is 0 Å². The van der Waals surface area contributed by atoms with Crippen molar-refractivity contribution in [2.45, 2.75) is 38.9 Å². The zero-order valence-corrected chi connectivity index (χ0v) is 14.7. The molecular formula is C16H26BClN2O2. The van der Waals surface area contributed by atoms with E-state index in [-0.39, 0.29) is 30.7 Å². The first-order valence-corrected chi connectivity index (χ1v) is 7.80. The molecule has 0 amide bonds. The highest BCUT2D eigenvalue weighted by molar-refractivity contribution is 6.62. The highest BCUT2D eigenvalue weighted by Gasteiger charge is 2.51. The smallest absolute Gasteiger partial charge is 0.399 e. The molecule has 22 heavy (non-hydrogen) atoms. The molecule has 6 heteroatoms. The lowest BCUT2D eigenvalue weighted by Gasteiger charge is -2.32. The quantitative estimate of drug-likeness (QED) is 0.842. The van der Waals surface area contributed by atoms with E-state index in [1.807, 2.05) is 0 Å². The van der Waals surface area contributed by atoms with E-state index in [9.17, 15) is 0 Å². The largest absolute Gasteiger partial charge is 0.494 e. The number of nitrogens with one attached hydrogen (secondary N) is 1. The van der Waals surface area contributed by atoms with Gasteiger partial charge in [-0.05, 0) is 45.3 Å². The van der Waals surface area contributed by atoms with Crippen LogP contribution in [0.4, 0.5) is 5.69 Å². The van der Waals surface area contributed by atoms with Gasteiger partial charge in [-0.2, -0.15) is 0 Å². The Balaban J connectivity index is 0.00000176. The summed E-state index contributed by atoms with van der Waals surface area (Å²) in [5.74, 6) is 0. The molecule has 0 aliphatic carbocycles. The molecule has 0 bridgehead atoms. The number of benzene rings is 1. The lowest BCUT2D eigenvalue weighted by atomic mass is 9.79. The normalized spacial score (nSPS) is 23.3. The predicted molar refractivity (Wildman–Crippen MR) is 94.5 cm³/mol. The van der Waals surface area contributed by atoms with Crippen LogP contribution < -0.4 is 15.7 Å². The molecular weight excluding hydrogens is 298 g/mol. The maximum atomic E-state index is 6.09. The van der Waals surface area contributed by atoms with Crippen LogP contribution in [0.15, 0.2) is 24.3 Å². The predicted octanol–water partition coefficient (Wildman–Crippen LogP) is 1.82. The molecule has 122 valence electrons. The maximum absolute atomic E-state index is 6.09. The summed E-state index contributed by atoms with van der Waals surface area (Å²) < 4.78 is 12.2. The number of piperazine rings is 1. The van der Waals surface area contributed by atoms with Gasteiger partial charge in [-0.15, -0.1) is 12.4 Å². The van der Waals surface area contributed by atoms with Gasteiger partial charge < -0.3 is 19.5 Å². The third-order valence-electron chi connectivity index (χ3n) is 4.90. The monoisotopic (exact) mass is 324 g/mol. The minimum Gasteiger partial charge on any atom is -0.399 e. The van der Waals surface area contributed by atoms with Crippen molar-refractivity contribution in [2.75, 3.05) is 31.1 Å². The third kappa shape index (κ3) is 3.28. The van der Waals surface area contributed by atoms with Crippen molar-refractivity contribution in [1.82, 2.24) is 5.32 Å². The van der Waals surface area contributed by atoms with Crippen LogP contribution in [0.5, 0.6) is 0 Å². The Kier molecular flexibility index (Phi) is 5.12. The second-order valence-corrected chi connectivity index (χ2v) is 6.92. The van der Waals surface area contributed by atoms with E-state index in [1.165, 1.54) is 5.69 Å². The van der Waals surface area contributed by atoms with Gasteiger partial charge in [-0.1, -0.05) is 12.1 Å². The Morgan fingerprint density at radius 2 is 1.45 bits per heavy atom. The average molecular weight is 325 g/mol. The van der Waals surface area contributed by atoms with Crippen molar-refractivity contribution < 1.29 is 9.31 Å². The number of hydrogen-bond donors (Lipinski definition) is 1. The standard InChI is InChI=1S/C16H25BN2O2.ClH/c1-15(2)16(3,4)21-17(20-15)13-5-7-14(8-6-13)19-11-9-18-10-12-19;/h5-8,18H,9-12H2,1-4H3;1H. The number of rotatable bonds is 2. The minimum atomic E-state index is -0.283. The Morgan fingerprint density at radius 1 is 0.955 bits per heavy atom. The highest BCUT2D eigenvalue weighted by atomic mass is 35.5. The lowest BCUT2D eigenvalue weighted by Crippen LogP contribution is -2.43. The Hall–Kier alpha value is -0.745. The van der Waals surface area contributed by atoms with Gasteiger partial charge in [0.2, 0.25) is 0 Å². The maximum Gasteiger partial charge on any atom is 0.494 e. The summed E-state index contributed by atoms with van der Waals surface area (Å²) in [6, 6.07) is 8.59. The third-order valence-corrected chi connectivity index (χ3v) is 4.90. The molecule has 2 heterocycles. The first kappa shape index (κ1) is 17.6. The van der Waals surface area contributed by atoms with E-state index in [0.29, 0.717) is 0 Å². The molecule has 4 nitrogen and oxygen atoms in total. The molecule has 0 saturated carbocycles. The van der Waals surface area contributed by atoms with Gasteiger partial charge in [0.1, 0.15) is 0 Å². The zero-order chi connectivity index (χ0) is 15.1. The summed E-state index contributed by atoms with van der Waals surface area (Å²) in [5, 5.41) is 3.38. The van der Waals surface area contributed by atoms with Crippen LogP contribution in [-0.2, 0) is 9.31 Å². The Bertz CT molecular complexity index is 485. The van der Waals surface area contributed by atoms with E-state index < -0.39 is 0 Å². The van der Waals surface area contributed by atoms with Gasteiger partial charge in [-0.3, -0.25) is 0 Å². The number of nitrogens with zero attached hydrogens (tertiary/aromatic N) is 1. The molecule has 0 unspecified atom stereocenters. The van der Waals surface area contributed by atoms with Gasteiger partial charge >= 0.3 is 7.12 Å². The van der Waals surface area contributed by atoms with Crippen molar-refractivity contribution in [3.05, 3.63) is 24.3 Å². The van der Waals surface area contributed by atoms with E-state index in [4.69, 9.17) is 9.31 Å². The SMILES string of the molecule is CC1(C)OB(c2ccc(N3CCNCC3)cc2)OC1(C)C.Cl. The molecule has 0 radical (unpaired) electrons. The fourth-order valence-electron chi connectivity index (χ4n) is 2.74. The molecule has 2 aliphatic heterocycles. The topological polar surface area (TPSA) is 33.7 Å². The van der Waals surface area contributed by atoms with E-state index in [2.05, 4.69) is 62.2 Å². The van der Waals surface area contributed by atoms with Gasteiger partial charge in [-0.25, -0.2) is 0 Å². The molecule has 0 aromatic heterocycles. The molecule has 1 N–H and O–H groups in total. The molecule has 2 saturated heterocycles. The molecule has 1 aromatic rings. The fraction of sp³-hybridized carbons (Fsp3) is 0.625. The van der Waals surface area contributed by atoms with Gasteiger partial charge in [0.15, 0.2) is 0 Å². The highest BCUT2D eigenvalue weighted by Crippen LogP contribution is 2.36. The Labute approximate surface area is 140 Å². The summed E-state index contributed by atoms with van der Waals surface area (Å²) >= 11 is 0. The van der Waals surface area contributed by atoms with Crippen LogP contribution in [0, 0.1) is 0 Å². The van der Waals surface area contributed by atoms with Gasteiger partial charge in [0.05, 0.1) is 11.2 Å². The molecule has 0 spiro atoms. The van der Waals surface area contributed by atoms with Crippen molar-refractivity contribution in [3.63, 3.8) is 0 Å². The van der Waals surface area contributed by atoms with Crippen molar-refractivity contribution >= 4 is 30.7 Å². The van der Waals surface area contributed by atoms with Crippen LogP contribution in [0.25, 0.3) is 0 Å². The molecule has 3 rings (SSSR count). The van der Waals surface area contributed by atoms with Crippen LogP contribution in [0.2, 0.25) is 0 Å². The van der Waals surface area contributed by atoms with E-state index in [0.717, 1.165) is 31.6 Å². The molecule has 1 aromatic carbocycles. The summed E-state index contributed by atoms with van der Waals surface area (Å²) in [5.41, 5.74) is 1.80. The fourth-order valence-corrected chi connectivity index (χ4v) is 2.74. The summed E-state index contributed by atoms with van der Waals surface area (Å²) in [6.45, 7) is 12.6. The number of anilines is 1. The molecule has 2 aliphatic rings. The van der Waals surface area contributed by atoms with Crippen molar-refractivity contribution in [1.29, 1.82) is 0 Å². The van der Waals surface area contributed by atoms with Crippen LogP contribution >= 0.6 is 12.4 Å². The van der Waals surface area contributed by atoms with Crippen LogP contribution in [0.3, 0.4) is 0 Å². The van der Waals surface area contributed by atoms with E-state index >= 15 is 0 Å². The van der Waals surface area contributed by atoms with Gasteiger partial charge in [0, 0.05) is 31.9 Å². The second kappa shape index (κ2) is 6.40. The second-order valence-electron chi connectivity index (χ2n) is 6.92. The number of halogens is 1. The summed E-state index contributed by atoms with van der Waals surface area (Å²) in [4.78, 5) is 2.41. The summed E-state index contributed by atoms with van der Waals surface area (Å²) in [7, 11) is -0.271. The summed E-state index contributed by atoms with van der Waals surface area (Å²) in [6.07, 6.45) is 0. The number of hydrogen-bond acceptors (Lipinski definition) is 4. The van der Waals surface area contributed by atoms with Crippen molar-refractivity contribution in [2.24, 2.45) is 0 Å². The minimum absolute atomic E-state index is 0. The van der Waals surface area contributed by atoms with Crippen LogP contribution in [0.1, 0.15) is 27.7 Å². The lowest BCUT2D eigenvalue weighted by molar-refractivity contribution is 0.00578. The van der Waals surface area contributed by atoms with Crippen molar-refractivity contribution in [3.8, 4) is 0 Å².